The molecule has 5 nitrogen and oxygen atoms in total. The summed E-state index contributed by atoms with van der Waals surface area (Å²) in [4.78, 5) is 8.40. The van der Waals surface area contributed by atoms with E-state index in [-0.39, 0.29) is 0 Å². The van der Waals surface area contributed by atoms with Crippen LogP contribution in [0.5, 0.6) is 0 Å². The Labute approximate surface area is 108 Å². The van der Waals surface area contributed by atoms with Gasteiger partial charge in [0.25, 0.3) is 0 Å². The lowest BCUT2D eigenvalue weighted by atomic mass is 10.2. The second-order valence-electron chi connectivity index (χ2n) is 4.10. The number of aromatic amines is 1. The van der Waals surface area contributed by atoms with Crippen molar-refractivity contribution in [3.63, 3.8) is 0 Å². The third-order valence-electron chi connectivity index (χ3n) is 2.54. The van der Waals surface area contributed by atoms with Crippen molar-refractivity contribution < 1.29 is 4.52 Å². The Balaban J connectivity index is 1.69. The minimum absolute atomic E-state index is 0.635. The molecule has 0 spiro atoms. The summed E-state index contributed by atoms with van der Waals surface area (Å²) in [5.41, 5.74) is 1.94. The maximum atomic E-state index is 5.28. The van der Waals surface area contributed by atoms with E-state index in [0.717, 1.165) is 23.0 Å². The molecule has 0 radical (unpaired) electrons. The standard InChI is InChI=1S/C12H12N4OS/c1-8-4-10(16-18-8)5-9-6-11(17-15-9)7-12-13-2-3-14-12/h2-4,6H,5,7H2,1H3,(H,13,14). The fourth-order valence-electron chi connectivity index (χ4n) is 1.77. The summed E-state index contributed by atoms with van der Waals surface area (Å²) in [5, 5.41) is 4.05. The van der Waals surface area contributed by atoms with Gasteiger partial charge in [-0.15, -0.1) is 0 Å². The molecule has 92 valence electrons. The number of imidazole rings is 1. The maximum Gasteiger partial charge on any atom is 0.144 e. The Morgan fingerprint density at radius 1 is 1.28 bits per heavy atom. The van der Waals surface area contributed by atoms with Crippen LogP contribution in [0.25, 0.3) is 0 Å². The molecule has 0 fully saturated rings. The van der Waals surface area contributed by atoms with E-state index >= 15 is 0 Å². The Hall–Kier alpha value is -1.95. The number of hydrogen-bond acceptors (Lipinski definition) is 5. The molecule has 0 saturated heterocycles. The zero-order valence-electron chi connectivity index (χ0n) is 9.88. The first-order valence-corrected chi connectivity index (χ1v) is 6.42. The van der Waals surface area contributed by atoms with Crippen LogP contribution in [0.4, 0.5) is 0 Å². The molecule has 3 heterocycles. The molecule has 0 amide bonds. The zero-order valence-corrected chi connectivity index (χ0v) is 10.7. The van der Waals surface area contributed by atoms with Gasteiger partial charge in [-0.05, 0) is 24.5 Å². The molecule has 0 bridgehead atoms. The van der Waals surface area contributed by atoms with Crippen LogP contribution in [0, 0.1) is 6.92 Å². The summed E-state index contributed by atoms with van der Waals surface area (Å²) in [5.74, 6) is 1.69. The Morgan fingerprint density at radius 2 is 2.22 bits per heavy atom. The SMILES string of the molecule is Cc1cc(Cc2cc(Cc3ncc[nH]3)on2)ns1. The lowest BCUT2D eigenvalue weighted by Crippen LogP contribution is -1.88. The number of rotatable bonds is 4. The Morgan fingerprint density at radius 3 is 2.94 bits per heavy atom. The second-order valence-corrected chi connectivity index (χ2v) is 5.11. The van der Waals surface area contributed by atoms with Gasteiger partial charge in [0.2, 0.25) is 0 Å². The van der Waals surface area contributed by atoms with Gasteiger partial charge in [-0.3, -0.25) is 0 Å². The summed E-state index contributed by atoms with van der Waals surface area (Å²) in [7, 11) is 0. The second kappa shape index (κ2) is 4.73. The third kappa shape index (κ3) is 2.48. The van der Waals surface area contributed by atoms with Crippen LogP contribution in [0.3, 0.4) is 0 Å². The first kappa shape index (κ1) is 11.2. The summed E-state index contributed by atoms with van der Waals surface area (Å²) < 4.78 is 9.62. The summed E-state index contributed by atoms with van der Waals surface area (Å²) >= 11 is 1.51. The van der Waals surface area contributed by atoms with E-state index in [1.807, 2.05) is 13.0 Å². The zero-order chi connectivity index (χ0) is 12.4. The van der Waals surface area contributed by atoms with Gasteiger partial charge < -0.3 is 9.51 Å². The highest BCUT2D eigenvalue weighted by Gasteiger charge is 2.08. The van der Waals surface area contributed by atoms with Crippen LogP contribution in [0.15, 0.2) is 29.0 Å². The van der Waals surface area contributed by atoms with Crippen molar-refractivity contribution in [2.24, 2.45) is 0 Å². The smallest absolute Gasteiger partial charge is 0.144 e. The Kier molecular flexibility index (Phi) is 2.93. The maximum absolute atomic E-state index is 5.28. The van der Waals surface area contributed by atoms with Gasteiger partial charge in [-0.25, -0.2) is 4.98 Å². The Bertz CT molecular complexity index is 626. The fraction of sp³-hybridized carbons (Fsp3) is 0.250. The molecule has 0 saturated carbocycles. The van der Waals surface area contributed by atoms with Crippen LogP contribution >= 0.6 is 11.5 Å². The molecule has 6 heteroatoms. The first-order valence-electron chi connectivity index (χ1n) is 5.64. The molecule has 3 aromatic heterocycles. The molecule has 0 unspecified atom stereocenters. The number of H-pyrrole nitrogens is 1. The predicted molar refractivity (Wildman–Crippen MR) is 67.6 cm³/mol. The van der Waals surface area contributed by atoms with Crippen LogP contribution in [-0.2, 0) is 12.8 Å². The highest BCUT2D eigenvalue weighted by atomic mass is 32.1. The van der Waals surface area contributed by atoms with Gasteiger partial charge in [0.15, 0.2) is 0 Å². The lowest BCUT2D eigenvalue weighted by molar-refractivity contribution is 0.382. The molecule has 0 aliphatic rings. The molecular formula is C12H12N4OS. The topological polar surface area (TPSA) is 67.6 Å². The van der Waals surface area contributed by atoms with Gasteiger partial charge in [-0.1, -0.05) is 5.16 Å². The van der Waals surface area contributed by atoms with Crippen LogP contribution in [-0.4, -0.2) is 19.5 Å². The van der Waals surface area contributed by atoms with E-state index in [4.69, 9.17) is 4.52 Å². The van der Waals surface area contributed by atoms with E-state index in [9.17, 15) is 0 Å². The van der Waals surface area contributed by atoms with Crippen molar-refractivity contribution in [2.75, 3.05) is 0 Å². The number of hydrogen-bond donors (Lipinski definition) is 1. The van der Waals surface area contributed by atoms with Crippen molar-refractivity contribution >= 4 is 11.5 Å². The molecule has 0 atom stereocenters. The van der Waals surface area contributed by atoms with E-state index < -0.39 is 0 Å². The fourth-order valence-corrected chi connectivity index (χ4v) is 2.34. The number of nitrogens with one attached hydrogen (secondary N) is 1. The van der Waals surface area contributed by atoms with Crippen LogP contribution in [0.2, 0.25) is 0 Å². The van der Waals surface area contributed by atoms with E-state index in [1.165, 1.54) is 16.4 Å². The molecule has 1 N–H and O–H groups in total. The molecule has 3 rings (SSSR count). The van der Waals surface area contributed by atoms with Crippen molar-refractivity contribution in [1.82, 2.24) is 19.5 Å². The quantitative estimate of drug-likeness (QED) is 0.781. The molecule has 18 heavy (non-hydrogen) atoms. The van der Waals surface area contributed by atoms with Crippen molar-refractivity contribution in [3.05, 3.63) is 52.4 Å². The number of aryl methyl sites for hydroxylation is 1. The molecule has 0 aliphatic carbocycles. The van der Waals surface area contributed by atoms with E-state index in [0.29, 0.717) is 12.8 Å². The highest BCUT2D eigenvalue weighted by Crippen LogP contribution is 2.14. The van der Waals surface area contributed by atoms with Crippen LogP contribution in [0.1, 0.15) is 27.8 Å². The van der Waals surface area contributed by atoms with Crippen molar-refractivity contribution in [1.29, 1.82) is 0 Å². The minimum Gasteiger partial charge on any atom is -0.361 e. The highest BCUT2D eigenvalue weighted by molar-refractivity contribution is 7.05. The number of aromatic nitrogens is 4. The molecular weight excluding hydrogens is 248 g/mol. The molecule has 0 aliphatic heterocycles. The minimum atomic E-state index is 0.635. The predicted octanol–water partition coefficient (Wildman–Crippen LogP) is 2.34. The van der Waals surface area contributed by atoms with E-state index in [1.54, 1.807) is 12.4 Å². The van der Waals surface area contributed by atoms with Gasteiger partial charge >= 0.3 is 0 Å². The van der Waals surface area contributed by atoms with Gasteiger partial charge in [0.1, 0.15) is 11.6 Å². The van der Waals surface area contributed by atoms with Crippen molar-refractivity contribution in [2.45, 2.75) is 19.8 Å². The summed E-state index contributed by atoms with van der Waals surface area (Å²) in [6.07, 6.45) is 4.87. The summed E-state index contributed by atoms with van der Waals surface area (Å²) in [6, 6.07) is 4.03. The van der Waals surface area contributed by atoms with Gasteiger partial charge in [0, 0.05) is 29.8 Å². The average molecular weight is 260 g/mol. The van der Waals surface area contributed by atoms with Crippen LogP contribution < -0.4 is 0 Å². The van der Waals surface area contributed by atoms with E-state index in [2.05, 4.69) is 25.6 Å². The molecule has 3 aromatic rings. The van der Waals surface area contributed by atoms with Gasteiger partial charge in [0.05, 0.1) is 17.8 Å². The monoisotopic (exact) mass is 260 g/mol. The molecule has 0 aromatic carbocycles. The number of nitrogens with zero attached hydrogens (tertiary/aromatic N) is 3. The summed E-state index contributed by atoms with van der Waals surface area (Å²) in [6.45, 7) is 2.05. The third-order valence-corrected chi connectivity index (χ3v) is 3.27. The van der Waals surface area contributed by atoms with Crippen molar-refractivity contribution in [3.8, 4) is 0 Å². The normalized spacial score (nSPS) is 10.9. The first-order chi connectivity index (χ1) is 8.79. The lowest BCUT2D eigenvalue weighted by Gasteiger charge is -1.89. The van der Waals surface area contributed by atoms with Gasteiger partial charge in [-0.2, -0.15) is 4.37 Å². The largest absolute Gasteiger partial charge is 0.361 e. The average Bonchev–Trinajstić information content (AvgIpc) is 3.04.